The van der Waals surface area contributed by atoms with E-state index in [4.69, 9.17) is 0 Å². The molecule has 0 spiro atoms. The Bertz CT molecular complexity index is 609. The average molecular weight is 259 g/mol. The van der Waals surface area contributed by atoms with Crippen LogP contribution in [0, 0.1) is 0 Å². The summed E-state index contributed by atoms with van der Waals surface area (Å²) in [6.07, 6.45) is 9.31. The van der Waals surface area contributed by atoms with Crippen LogP contribution < -0.4 is 11.0 Å². The highest BCUT2D eigenvalue weighted by Gasteiger charge is 2.25. The van der Waals surface area contributed by atoms with E-state index < -0.39 is 0 Å². The summed E-state index contributed by atoms with van der Waals surface area (Å²) in [5.41, 5.74) is 0.831. The van der Waals surface area contributed by atoms with Crippen LogP contribution in [-0.4, -0.2) is 25.6 Å². The fourth-order valence-corrected chi connectivity index (χ4v) is 2.06. The number of hydrogen-bond donors (Lipinski definition) is 1. The van der Waals surface area contributed by atoms with E-state index in [1.54, 1.807) is 21.5 Å². The first-order chi connectivity index (χ1) is 9.28. The van der Waals surface area contributed by atoms with Gasteiger partial charge in [0.1, 0.15) is 5.82 Å². The smallest absolute Gasteiger partial charge is 0.328 e. The molecule has 1 aliphatic rings. The molecule has 0 atom stereocenters. The Labute approximate surface area is 111 Å². The molecule has 1 N–H and O–H groups in total. The van der Waals surface area contributed by atoms with Gasteiger partial charge in [0.25, 0.3) is 0 Å². The van der Waals surface area contributed by atoms with Gasteiger partial charge in [-0.1, -0.05) is 0 Å². The lowest BCUT2D eigenvalue weighted by Gasteiger charge is -2.04. The second kappa shape index (κ2) is 4.87. The van der Waals surface area contributed by atoms with Gasteiger partial charge in [-0.05, 0) is 19.8 Å². The summed E-state index contributed by atoms with van der Waals surface area (Å²) in [6, 6.07) is 0.413. The first kappa shape index (κ1) is 12.0. The Morgan fingerprint density at radius 2 is 2.16 bits per heavy atom. The third-order valence-corrected chi connectivity index (χ3v) is 3.21. The van der Waals surface area contributed by atoms with Gasteiger partial charge in [-0.15, -0.1) is 0 Å². The predicted octanol–water partition coefficient (Wildman–Crippen LogP) is 1.25. The number of nitrogens with one attached hydrogen (secondary N) is 1. The van der Waals surface area contributed by atoms with Gasteiger partial charge in [0.2, 0.25) is 0 Å². The highest BCUT2D eigenvalue weighted by molar-refractivity contribution is 5.30. The maximum absolute atomic E-state index is 12.1. The van der Waals surface area contributed by atoms with Crippen LogP contribution in [0.25, 0.3) is 0 Å². The maximum atomic E-state index is 12.1. The number of rotatable bonds is 5. The quantitative estimate of drug-likeness (QED) is 0.877. The monoisotopic (exact) mass is 259 g/mol. The van der Waals surface area contributed by atoms with E-state index in [2.05, 4.69) is 15.3 Å². The Morgan fingerprint density at radius 3 is 2.79 bits per heavy atom. The van der Waals surface area contributed by atoms with Gasteiger partial charge in [0.15, 0.2) is 0 Å². The summed E-state index contributed by atoms with van der Waals surface area (Å²) >= 11 is 0. The molecule has 1 fully saturated rings. The zero-order valence-electron chi connectivity index (χ0n) is 10.9. The molecule has 0 bridgehead atoms. The van der Waals surface area contributed by atoms with Crippen LogP contribution in [0.3, 0.4) is 0 Å². The molecule has 0 aliphatic heterocycles. The molecule has 0 unspecified atom stereocenters. The van der Waals surface area contributed by atoms with Crippen molar-refractivity contribution in [3.05, 3.63) is 41.0 Å². The van der Waals surface area contributed by atoms with Crippen LogP contribution in [0.15, 0.2) is 29.6 Å². The largest absolute Gasteiger partial charge is 0.369 e. The molecule has 0 radical (unpaired) electrons. The van der Waals surface area contributed by atoms with Crippen LogP contribution in [0.2, 0.25) is 0 Å². The average Bonchev–Trinajstić information content (AvgIpc) is 3.19. The van der Waals surface area contributed by atoms with Crippen molar-refractivity contribution < 1.29 is 0 Å². The zero-order valence-corrected chi connectivity index (χ0v) is 10.9. The molecule has 0 saturated heterocycles. The number of nitrogens with zero attached hydrogens (tertiary/aromatic N) is 4. The molecule has 2 aromatic rings. The second-order valence-corrected chi connectivity index (χ2v) is 4.77. The Hall–Kier alpha value is -2.11. The molecule has 100 valence electrons. The van der Waals surface area contributed by atoms with E-state index in [0.717, 1.165) is 30.9 Å². The van der Waals surface area contributed by atoms with Crippen molar-refractivity contribution in [2.75, 3.05) is 11.9 Å². The van der Waals surface area contributed by atoms with Crippen molar-refractivity contribution in [2.45, 2.75) is 32.4 Å². The fourth-order valence-electron chi connectivity index (χ4n) is 2.06. The van der Waals surface area contributed by atoms with E-state index in [0.29, 0.717) is 12.6 Å². The fraction of sp³-hybridized carbons (Fsp3) is 0.462. The van der Waals surface area contributed by atoms with Crippen LogP contribution >= 0.6 is 0 Å². The van der Waals surface area contributed by atoms with Crippen molar-refractivity contribution in [3.8, 4) is 0 Å². The molecule has 19 heavy (non-hydrogen) atoms. The predicted molar refractivity (Wildman–Crippen MR) is 72.3 cm³/mol. The molecule has 1 aliphatic carbocycles. The Balaban J connectivity index is 1.75. The van der Waals surface area contributed by atoms with E-state index in [9.17, 15) is 4.79 Å². The minimum absolute atomic E-state index is 0.0417. The lowest BCUT2D eigenvalue weighted by atomic mass is 10.4. The van der Waals surface area contributed by atoms with Gasteiger partial charge >= 0.3 is 5.69 Å². The normalized spacial score (nSPS) is 14.6. The zero-order chi connectivity index (χ0) is 13.2. The van der Waals surface area contributed by atoms with Gasteiger partial charge in [0.05, 0.1) is 24.6 Å². The summed E-state index contributed by atoms with van der Waals surface area (Å²) < 4.78 is 3.48. The van der Waals surface area contributed by atoms with Crippen LogP contribution in [0.1, 0.15) is 31.5 Å². The molecule has 2 aromatic heterocycles. The molecular formula is C13H17N5O. The summed E-state index contributed by atoms with van der Waals surface area (Å²) in [5.74, 6) is 0.758. The lowest BCUT2D eigenvalue weighted by molar-refractivity contribution is 0.649. The summed E-state index contributed by atoms with van der Waals surface area (Å²) in [4.78, 5) is 20.7. The topological polar surface area (TPSA) is 64.7 Å². The van der Waals surface area contributed by atoms with E-state index in [1.165, 1.54) is 0 Å². The van der Waals surface area contributed by atoms with E-state index in [1.807, 2.05) is 19.3 Å². The Kier molecular flexibility index (Phi) is 3.06. The lowest BCUT2D eigenvalue weighted by Crippen LogP contribution is -2.24. The molecule has 0 aromatic carbocycles. The van der Waals surface area contributed by atoms with Crippen LogP contribution in [-0.2, 0) is 6.54 Å². The SMILES string of the molecule is CCNc1cnc(Cn2ccn(C3CC3)c2=O)cn1. The van der Waals surface area contributed by atoms with Crippen LogP contribution in [0.4, 0.5) is 5.82 Å². The summed E-state index contributed by atoms with van der Waals surface area (Å²) in [7, 11) is 0. The van der Waals surface area contributed by atoms with Crippen molar-refractivity contribution >= 4 is 5.82 Å². The number of hydrogen-bond acceptors (Lipinski definition) is 4. The van der Waals surface area contributed by atoms with Gasteiger partial charge < -0.3 is 5.32 Å². The molecule has 2 heterocycles. The second-order valence-electron chi connectivity index (χ2n) is 4.77. The molecule has 0 amide bonds. The number of anilines is 1. The summed E-state index contributed by atoms with van der Waals surface area (Å²) in [6.45, 7) is 3.30. The van der Waals surface area contributed by atoms with Crippen molar-refractivity contribution in [3.63, 3.8) is 0 Å². The highest BCUT2D eigenvalue weighted by atomic mass is 16.1. The molecule has 3 rings (SSSR count). The molecule has 6 heteroatoms. The molecular weight excluding hydrogens is 242 g/mol. The minimum atomic E-state index is 0.0417. The number of imidazole rings is 1. The number of aromatic nitrogens is 4. The third-order valence-electron chi connectivity index (χ3n) is 3.21. The highest BCUT2D eigenvalue weighted by Crippen LogP contribution is 2.33. The minimum Gasteiger partial charge on any atom is -0.369 e. The standard InChI is InChI=1S/C13H17N5O/c1-2-14-12-8-15-10(7-16-12)9-17-5-6-18(13(17)19)11-3-4-11/h5-8,11H,2-4,9H2,1H3,(H,14,16). The summed E-state index contributed by atoms with van der Waals surface area (Å²) in [5, 5.41) is 3.09. The van der Waals surface area contributed by atoms with E-state index >= 15 is 0 Å². The third kappa shape index (κ3) is 2.52. The molecule has 1 saturated carbocycles. The Morgan fingerprint density at radius 1 is 1.32 bits per heavy atom. The van der Waals surface area contributed by atoms with E-state index in [-0.39, 0.29) is 5.69 Å². The van der Waals surface area contributed by atoms with Gasteiger partial charge in [-0.3, -0.25) is 14.1 Å². The van der Waals surface area contributed by atoms with Gasteiger partial charge in [0, 0.05) is 25.0 Å². The van der Waals surface area contributed by atoms with Crippen LogP contribution in [0.5, 0.6) is 0 Å². The van der Waals surface area contributed by atoms with Gasteiger partial charge in [-0.25, -0.2) is 9.78 Å². The van der Waals surface area contributed by atoms with Crippen molar-refractivity contribution in [1.29, 1.82) is 0 Å². The maximum Gasteiger partial charge on any atom is 0.328 e. The first-order valence-corrected chi connectivity index (χ1v) is 6.60. The van der Waals surface area contributed by atoms with Gasteiger partial charge in [-0.2, -0.15) is 0 Å². The first-order valence-electron chi connectivity index (χ1n) is 6.60. The molecule has 6 nitrogen and oxygen atoms in total. The van der Waals surface area contributed by atoms with Crippen molar-refractivity contribution in [1.82, 2.24) is 19.1 Å². The van der Waals surface area contributed by atoms with Crippen molar-refractivity contribution in [2.24, 2.45) is 0 Å².